The molecule has 0 aliphatic rings. The molecule has 6 nitrogen and oxygen atoms in total. The lowest BCUT2D eigenvalue weighted by molar-refractivity contribution is -0.124. The molecule has 0 saturated heterocycles. The molecule has 1 atom stereocenters. The summed E-state index contributed by atoms with van der Waals surface area (Å²) in [5.74, 6) is -0.139. The number of hydrogen-bond acceptors (Lipinski definition) is 3. The maximum atomic E-state index is 12.3. The second kappa shape index (κ2) is 6.95. The molecule has 0 spiro atoms. The fraction of sp³-hybridized carbons (Fsp3) is 0.462. The number of aromatic nitrogens is 4. The summed E-state index contributed by atoms with van der Waals surface area (Å²) in [6.45, 7) is 4.91. The number of nitrogens with one attached hydrogen (secondary N) is 1. The van der Waals surface area contributed by atoms with Crippen LogP contribution in [0.2, 0.25) is 10.0 Å². The first-order valence-corrected chi connectivity index (χ1v) is 7.49. The highest BCUT2D eigenvalue weighted by atomic mass is 35.5. The van der Waals surface area contributed by atoms with Gasteiger partial charge in [-0.15, -0.1) is 0 Å². The highest BCUT2D eigenvalue weighted by molar-refractivity contribution is 6.31. The maximum Gasteiger partial charge on any atom is 0.245 e. The molecule has 0 aliphatic heterocycles. The first-order chi connectivity index (χ1) is 10.0. The molecule has 0 fully saturated rings. The van der Waals surface area contributed by atoms with Crippen LogP contribution >= 0.6 is 23.2 Å². The highest BCUT2D eigenvalue weighted by Gasteiger charge is 2.19. The quantitative estimate of drug-likeness (QED) is 0.886. The zero-order valence-electron chi connectivity index (χ0n) is 11.9. The van der Waals surface area contributed by atoms with Crippen LogP contribution in [-0.4, -0.2) is 25.5 Å². The van der Waals surface area contributed by atoms with Crippen LogP contribution in [0.5, 0.6) is 0 Å². The van der Waals surface area contributed by atoms with Crippen LogP contribution in [0.4, 0.5) is 0 Å². The van der Waals surface area contributed by atoms with Gasteiger partial charge in [0.05, 0.1) is 22.8 Å². The zero-order valence-corrected chi connectivity index (χ0v) is 13.4. The Morgan fingerprint density at radius 2 is 2.14 bits per heavy atom. The summed E-state index contributed by atoms with van der Waals surface area (Å²) in [4.78, 5) is 12.3. The second-order valence-electron chi connectivity index (χ2n) is 4.56. The summed E-state index contributed by atoms with van der Waals surface area (Å²) in [5.41, 5.74) is 0.653. The molecule has 2 rings (SSSR count). The summed E-state index contributed by atoms with van der Waals surface area (Å²) >= 11 is 11.9. The third-order valence-corrected chi connectivity index (χ3v) is 3.63. The van der Waals surface area contributed by atoms with Crippen LogP contribution < -0.4 is 5.32 Å². The fourth-order valence-electron chi connectivity index (χ4n) is 1.99. The first kappa shape index (κ1) is 15.9. The van der Waals surface area contributed by atoms with E-state index in [0.29, 0.717) is 22.2 Å². The van der Waals surface area contributed by atoms with Gasteiger partial charge in [-0.05, 0) is 13.3 Å². The summed E-state index contributed by atoms with van der Waals surface area (Å²) in [6.07, 6.45) is 5.50. The normalized spacial score (nSPS) is 12.4. The van der Waals surface area contributed by atoms with Gasteiger partial charge in [-0.1, -0.05) is 30.1 Å². The summed E-state index contributed by atoms with van der Waals surface area (Å²) in [5, 5.41) is 12.3. The summed E-state index contributed by atoms with van der Waals surface area (Å²) < 4.78 is 3.29. The van der Waals surface area contributed by atoms with Gasteiger partial charge in [-0.2, -0.15) is 10.2 Å². The number of aryl methyl sites for hydroxylation is 1. The predicted molar refractivity (Wildman–Crippen MR) is 81.3 cm³/mol. The van der Waals surface area contributed by atoms with E-state index in [2.05, 4.69) is 15.5 Å². The van der Waals surface area contributed by atoms with E-state index in [4.69, 9.17) is 23.2 Å². The van der Waals surface area contributed by atoms with Crippen molar-refractivity contribution in [3.05, 3.63) is 34.3 Å². The molecule has 2 heterocycles. The van der Waals surface area contributed by atoms with Gasteiger partial charge < -0.3 is 5.32 Å². The summed E-state index contributed by atoms with van der Waals surface area (Å²) in [7, 11) is 0. The molecule has 0 aromatic carbocycles. The lowest BCUT2D eigenvalue weighted by Gasteiger charge is -2.15. The molecule has 0 aliphatic carbocycles. The minimum Gasteiger partial charge on any atom is -0.348 e. The van der Waals surface area contributed by atoms with Crippen molar-refractivity contribution < 1.29 is 4.79 Å². The van der Waals surface area contributed by atoms with Gasteiger partial charge in [0.2, 0.25) is 5.91 Å². The van der Waals surface area contributed by atoms with Gasteiger partial charge in [0, 0.05) is 18.9 Å². The van der Waals surface area contributed by atoms with Crippen LogP contribution in [0.25, 0.3) is 0 Å². The molecule has 8 heteroatoms. The Balaban J connectivity index is 2.01. The van der Waals surface area contributed by atoms with Crippen molar-refractivity contribution in [1.29, 1.82) is 0 Å². The number of nitrogens with zero attached hydrogens (tertiary/aromatic N) is 4. The van der Waals surface area contributed by atoms with E-state index in [9.17, 15) is 4.79 Å². The smallest absolute Gasteiger partial charge is 0.245 e. The molecule has 2 aromatic rings. The Hall–Kier alpha value is -1.53. The summed E-state index contributed by atoms with van der Waals surface area (Å²) in [6, 6.07) is -0.399. The number of carbonyl (C=O) groups is 1. The fourth-order valence-corrected chi connectivity index (χ4v) is 2.35. The van der Waals surface area contributed by atoms with Crippen molar-refractivity contribution in [2.45, 2.75) is 39.4 Å². The van der Waals surface area contributed by atoms with Crippen LogP contribution in [0, 0.1) is 0 Å². The van der Waals surface area contributed by atoms with Gasteiger partial charge in [0.1, 0.15) is 11.7 Å². The minimum absolute atomic E-state index is 0.139. The minimum atomic E-state index is -0.399. The van der Waals surface area contributed by atoms with Crippen LogP contribution in [0.3, 0.4) is 0 Å². The Bertz CT molecular complexity index is 622. The van der Waals surface area contributed by atoms with Crippen molar-refractivity contribution in [2.75, 3.05) is 0 Å². The Morgan fingerprint density at radius 1 is 1.38 bits per heavy atom. The van der Waals surface area contributed by atoms with Gasteiger partial charge in [0.25, 0.3) is 0 Å². The van der Waals surface area contributed by atoms with Crippen molar-refractivity contribution in [1.82, 2.24) is 24.9 Å². The van der Waals surface area contributed by atoms with E-state index in [0.717, 1.165) is 6.54 Å². The molecular formula is C13H17Cl2N5O. The molecule has 21 heavy (non-hydrogen) atoms. The Morgan fingerprint density at radius 3 is 2.67 bits per heavy atom. The molecule has 0 bridgehead atoms. The monoisotopic (exact) mass is 329 g/mol. The topological polar surface area (TPSA) is 64.7 Å². The highest BCUT2D eigenvalue weighted by Crippen LogP contribution is 2.16. The molecule has 1 amide bonds. The molecule has 2 aromatic heterocycles. The first-order valence-electron chi connectivity index (χ1n) is 6.74. The third kappa shape index (κ3) is 3.77. The van der Waals surface area contributed by atoms with Crippen molar-refractivity contribution in [2.24, 2.45) is 0 Å². The van der Waals surface area contributed by atoms with E-state index < -0.39 is 6.04 Å². The largest absolute Gasteiger partial charge is 0.348 e. The van der Waals surface area contributed by atoms with Crippen LogP contribution in [0.1, 0.15) is 32.0 Å². The number of halogens is 2. The number of carbonyl (C=O) groups excluding carboxylic acids is 1. The van der Waals surface area contributed by atoms with Gasteiger partial charge in [-0.3, -0.25) is 14.2 Å². The third-order valence-electron chi connectivity index (χ3n) is 3.12. The molecule has 0 radical (unpaired) electrons. The van der Waals surface area contributed by atoms with E-state index in [1.807, 2.05) is 13.8 Å². The second-order valence-corrected chi connectivity index (χ2v) is 5.40. The van der Waals surface area contributed by atoms with Crippen molar-refractivity contribution in [3.63, 3.8) is 0 Å². The number of amides is 1. The van der Waals surface area contributed by atoms with Crippen LogP contribution in [-0.2, 0) is 17.9 Å². The standard InChI is InChI=1S/C13H17Cl2N5O/c1-3-12(20-7-9(14)5-17-20)13(21)16-6-11-10(15)8-19(4-2)18-11/h5,7-8,12H,3-4,6H2,1-2H3,(H,16,21). The molecule has 1 unspecified atom stereocenters. The van der Waals surface area contributed by atoms with Gasteiger partial charge in [-0.25, -0.2) is 0 Å². The molecule has 1 N–H and O–H groups in total. The maximum absolute atomic E-state index is 12.3. The molecule has 0 saturated carbocycles. The molecular weight excluding hydrogens is 313 g/mol. The number of rotatable bonds is 6. The average Bonchev–Trinajstić information content (AvgIpc) is 3.04. The lowest BCUT2D eigenvalue weighted by Crippen LogP contribution is -2.32. The van der Waals surface area contributed by atoms with Gasteiger partial charge in [0.15, 0.2) is 0 Å². The van der Waals surface area contributed by atoms with E-state index >= 15 is 0 Å². The SMILES string of the molecule is CCC(C(=O)NCc1nn(CC)cc1Cl)n1cc(Cl)cn1. The zero-order chi connectivity index (χ0) is 15.4. The number of hydrogen-bond donors (Lipinski definition) is 1. The Kier molecular flexibility index (Phi) is 5.25. The van der Waals surface area contributed by atoms with Crippen LogP contribution in [0.15, 0.2) is 18.6 Å². The van der Waals surface area contributed by atoms with Crippen molar-refractivity contribution in [3.8, 4) is 0 Å². The lowest BCUT2D eigenvalue weighted by atomic mass is 10.2. The predicted octanol–water partition coefficient (Wildman–Crippen LogP) is 2.67. The molecule has 114 valence electrons. The van der Waals surface area contributed by atoms with E-state index in [1.165, 1.54) is 6.20 Å². The van der Waals surface area contributed by atoms with E-state index in [1.54, 1.807) is 21.8 Å². The van der Waals surface area contributed by atoms with Gasteiger partial charge >= 0.3 is 0 Å². The van der Waals surface area contributed by atoms with Crippen molar-refractivity contribution >= 4 is 29.1 Å². The Labute approximate surface area is 133 Å². The average molecular weight is 330 g/mol. The van der Waals surface area contributed by atoms with E-state index in [-0.39, 0.29) is 12.5 Å².